The number of carbonyl (C=O) groups excluding carboxylic acids is 1. The van der Waals surface area contributed by atoms with Gasteiger partial charge in [-0.2, -0.15) is 0 Å². The van der Waals surface area contributed by atoms with E-state index < -0.39 is 9.75 Å². The van der Waals surface area contributed by atoms with Crippen molar-refractivity contribution in [2.24, 2.45) is 5.41 Å². The van der Waals surface area contributed by atoms with Crippen LogP contribution in [0.25, 0.3) is 0 Å². The number of hydrogen-bond donors (Lipinski definition) is 1. The number of anilines is 1. The van der Waals surface area contributed by atoms with Crippen LogP contribution in [-0.2, 0) is 4.79 Å². The second-order valence-electron chi connectivity index (χ2n) is 6.23. The summed E-state index contributed by atoms with van der Waals surface area (Å²) >= 11 is 13.6. The number of carbonyl (C=O) groups is 1. The van der Waals surface area contributed by atoms with Gasteiger partial charge in [-0.3, -0.25) is 4.79 Å². The highest BCUT2D eigenvalue weighted by atomic mass is 35.5. The van der Waals surface area contributed by atoms with Crippen molar-refractivity contribution in [3.05, 3.63) is 41.7 Å². The third-order valence-corrected chi connectivity index (χ3v) is 6.02. The lowest BCUT2D eigenvalue weighted by molar-refractivity contribution is -0.120. The number of nitrogens with zero attached hydrogens (tertiary/aromatic N) is 2. The van der Waals surface area contributed by atoms with Gasteiger partial charge in [0.1, 0.15) is 4.33 Å². The Hall–Kier alpha value is -1.30. The molecule has 0 unspecified atom stereocenters. The monoisotopic (exact) mass is 381 g/mol. The lowest BCUT2D eigenvalue weighted by atomic mass is 10.1. The van der Waals surface area contributed by atoms with Crippen molar-refractivity contribution in [2.75, 3.05) is 5.32 Å². The van der Waals surface area contributed by atoms with E-state index in [0.717, 1.165) is 16.3 Å². The first-order chi connectivity index (χ1) is 11.2. The minimum atomic E-state index is -0.965. The van der Waals surface area contributed by atoms with E-state index in [4.69, 9.17) is 23.2 Å². The van der Waals surface area contributed by atoms with E-state index in [1.165, 1.54) is 11.8 Å². The molecule has 1 saturated carbocycles. The van der Waals surface area contributed by atoms with Crippen molar-refractivity contribution in [1.29, 1.82) is 0 Å². The van der Waals surface area contributed by atoms with Crippen LogP contribution in [0, 0.1) is 19.3 Å². The smallest absolute Gasteiger partial charge is 0.233 e. The number of aryl methyl sites for hydroxylation is 2. The van der Waals surface area contributed by atoms with Gasteiger partial charge < -0.3 is 5.32 Å². The van der Waals surface area contributed by atoms with Gasteiger partial charge in [0.2, 0.25) is 5.91 Å². The van der Waals surface area contributed by atoms with Gasteiger partial charge in [0, 0.05) is 22.0 Å². The van der Waals surface area contributed by atoms with Gasteiger partial charge in [-0.1, -0.05) is 0 Å². The molecule has 3 rings (SSSR count). The second kappa shape index (κ2) is 6.21. The summed E-state index contributed by atoms with van der Waals surface area (Å²) in [6, 6.07) is 9.48. The number of amides is 1. The summed E-state index contributed by atoms with van der Waals surface area (Å²) in [6.45, 7) is 5.66. The fourth-order valence-corrected chi connectivity index (χ4v) is 3.93. The molecule has 1 fully saturated rings. The number of benzene rings is 1. The van der Waals surface area contributed by atoms with Gasteiger partial charge in [0.25, 0.3) is 0 Å². The van der Waals surface area contributed by atoms with E-state index in [0.29, 0.717) is 17.3 Å². The molecule has 1 amide bonds. The lowest BCUT2D eigenvalue weighted by Gasteiger charge is -2.13. The average Bonchev–Trinajstić information content (AvgIpc) is 3.00. The Labute approximate surface area is 155 Å². The zero-order valence-electron chi connectivity index (χ0n) is 13.6. The SMILES string of the molecule is Cc1cc(C)nc(Sc2ccc(NC(=O)[C@@]3(C)CC3(Cl)Cl)cc2)n1. The topological polar surface area (TPSA) is 54.9 Å². The number of halogens is 2. The summed E-state index contributed by atoms with van der Waals surface area (Å²) in [5.41, 5.74) is 1.87. The third kappa shape index (κ3) is 3.53. The van der Waals surface area contributed by atoms with Crippen LogP contribution in [0.1, 0.15) is 24.7 Å². The van der Waals surface area contributed by atoms with Crippen molar-refractivity contribution >= 4 is 46.6 Å². The Morgan fingerprint density at radius 1 is 1.17 bits per heavy atom. The summed E-state index contributed by atoms with van der Waals surface area (Å²) in [5.74, 6) is -0.162. The molecular formula is C17H17Cl2N3OS. The molecule has 0 radical (unpaired) electrons. The number of nitrogens with one attached hydrogen (secondary N) is 1. The minimum Gasteiger partial charge on any atom is -0.326 e. The van der Waals surface area contributed by atoms with E-state index >= 15 is 0 Å². The van der Waals surface area contributed by atoms with E-state index in [-0.39, 0.29) is 5.91 Å². The molecule has 1 atom stereocenters. The molecule has 1 aromatic heterocycles. The average molecular weight is 382 g/mol. The van der Waals surface area contributed by atoms with E-state index in [9.17, 15) is 4.79 Å². The molecule has 7 heteroatoms. The van der Waals surface area contributed by atoms with Crippen LogP contribution < -0.4 is 5.32 Å². The Kier molecular flexibility index (Phi) is 4.53. The zero-order valence-corrected chi connectivity index (χ0v) is 15.9. The molecule has 1 aliphatic rings. The molecule has 0 bridgehead atoms. The summed E-state index contributed by atoms with van der Waals surface area (Å²) in [5, 5.41) is 3.57. The number of alkyl halides is 2. The van der Waals surface area contributed by atoms with Crippen molar-refractivity contribution in [2.45, 2.75) is 41.6 Å². The minimum absolute atomic E-state index is 0.162. The van der Waals surface area contributed by atoms with E-state index in [2.05, 4.69) is 15.3 Å². The van der Waals surface area contributed by atoms with Crippen LogP contribution in [0.3, 0.4) is 0 Å². The highest BCUT2D eigenvalue weighted by Crippen LogP contribution is 2.64. The summed E-state index contributed by atoms with van der Waals surface area (Å²) in [4.78, 5) is 22.1. The molecule has 4 nitrogen and oxygen atoms in total. The maximum absolute atomic E-state index is 12.3. The van der Waals surface area contributed by atoms with Gasteiger partial charge in [-0.15, -0.1) is 23.2 Å². The van der Waals surface area contributed by atoms with Gasteiger partial charge in [0.05, 0.1) is 5.41 Å². The van der Waals surface area contributed by atoms with Gasteiger partial charge >= 0.3 is 0 Å². The molecule has 1 N–H and O–H groups in total. The first-order valence-corrected chi connectivity index (χ1v) is 9.06. The molecule has 126 valence electrons. The van der Waals surface area contributed by atoms with Crippen LogP contribution in [0.2, 0.25) is 0 Å². The number of hydrogen-bond acceptors (Lipinski definition) is 4. The summed E-state index contributed by atoms with van der Waals surface area (Å²) in [6.07, 6.45) is 0.465. The Bertz CT molecular complexity index is 775. The normalized spacial score (nSPS) is 21.4. The number of aromatic nitrogens is 2. The second-order valence-corrected chi connectivity index (χ2v) is 8.75. The van der Waals surface area contributed by atoms with Crippen molar-refractivity contribution in [1.82, 2.24) is 9.97 Å². The molecule has 24 heavy (non-hydrogen) atoms. The zero-order chi connectivity index (χ0) is 17.5. The number of rotatable bonds is 4. The fraction of sp³-hybridized carbons (Fsp3) is 0.353. The maximum Gasteiger partial charge on any atom is 0.233 e. The molecule has 1 heterocycles. The first kappa shape index (κ1) is 17.5. The van der Waals surface area contributed by atoms with Crippen LogP contribution >= 0.6 is 35.0 Å². The molecule has 2 aromatic rings. The maximum atomic E-state index is 12.3. The standard InChI is InChI=1S/C17H17Cl2N3OS/c1-10-8-11(2)21-15(20-10)24-13-6-4-12(5-7-13)22-14(23)16(3)9-17(16,18)19/h4-8H,9H2,1-3H3,(H,22,23)/t16-/m1/s1. The van der Waals surface area contributed by atoms with Crippen LogP contribution in [0.15, 0.2) is 40.4 Å². The molecular weight excluding hydrogens is 365 g/mol. The highest BCUT2D eigenvalue weighted by molar-refractivity contribution is 7.99. The fourth-order valence-electron chi connectivity index (χ4n) is 2.37. The van der Waals surface area contributed by atoms with Gasteiger partial charge in [0.15, 0.2) is 5.16 Å². The van der Waals surface area contributed by atoms with Crippen LogP contribution in [0.4, 0.5) is 5.69 Å². The molecule has 1 aliphatic carbocycles. The Balaban J connectivity index is 1.66. The van der Waals surface area contributed by atoms with Crippen molar-refractivity contribution in [3.8, 4) is 0 Å². The van der Waals surface area contributed by atoms with Crippen molar-refractivity contribution in [3.63, 3.8) is 0 Å². The Morgan fingerprint density at radius 3 is 2.21 bits per heavy atom. The van der Waals surface area contributed by atoms with Crippen molar-refractivity contribution < 1.29 is 4.79 Å². The molecule has 1 aromatic carbocycles. The van der Waals surface area contributed by atoms with E-state index in [1.54, 1.807) is 6.92 Å². The largest absolute Gasteiger partial charge is 0.326 e. The van der Waals surface area contributed by atoms with Gasteiger partial charge in [-0.05, 0) is 69.3 Å². The molecule has 0 spiro atoms. The lowest BCUT2D eigenvalue weighted by Crippen LogP contribution is -2.25. The predicted molar refractivity (Wildman–Crippen MR) is 97.9 cm³/mol. The van der Waals surface area contributed by atoms with Crippen LogP contribution in [-0.4, -0.2) is 20.2 Å². The summed E-state index contributed by atoms with van der Waals surface area (Å²) < 4.78 is -0.965. The summed E-state index contributed by atoms with van der Waals surface area (Å²) in [7, 11) is 0. The van der Waals surface area contributed by atoms with Crippen LogP contribution in [0.5, 0.6) is 0 Å². The first-order valence-electron chi connectivity index (χ1n) is 7.49. The third-order valence-electron chi connectivity index (χ3n) is 4.04. The Morgan fingerprint density at radius 2 is 1.71 bits per heavy atom. The van der Waals surface area contributed by atoms with Gasteiger partial charge in [-0.25, -0.2) is 9.97 Å². The molecule has 0 saturated heterocycles. The predicted octanol–water partition coefficient (Wildman–Crippen LogP) is 4.77. The quantitative estimate of drug-likeness (QED) is 0.612. The highest BCUT2D eigenvalue weighted by Gasteiger charge is 2.67. The van der Waals surface area contributed by atoms with E-state index in [1.807, 2.05) is 44.2 Å². The molecule has 0 aliphatic heterocycles.